The lowest BCUT2D eigenvalue weighted by atomic mass is 9.86. The second-order valence-electron chi connectivity index (χ2n) is 7.51. The van der Waals surface area contributed by atoms with Gasteiger partial charge in [-0.25, -0.2) is 0 Å². The minimum Gasteiger partial charge on any atom is -0.339 e. The van der Waals surface area contributed by atoms with Gasteiger partial charge in [-0.05, 0) is 37.8 Å². The van der Waals surface area contributed by atoms with Crippen LogP contribution in [0.2, 0.25) is 0 Å². The van der Waals surface area contributed by atoms with Crippen LogP contribution in [0.5, 0.6) is 0 Å². The molecule has 0 N–H and O–H groups in total. The second-order valence-corrected chi connectivity index (χ2v) is 7.51. The Balaban J connectivity index is 1.50. The predicted molar refractivity (Wildman–Crippen MR) is 100 cm³/mol. The molecule has 5 nitrogen and oxygen atoms in total. The topological polar surface area (TPSA) is 57.7 Å². The number of piperazine rings is 1. The molecule has 1 aliphatic heterocycles. The van der Waals surface area contributed by atoms with E-state index < -0.39 is 0 Å². The molecule has 1 aromatic carbocycles. The first-order valence-corrected chi connectivity index (χ1v) is 9.72. The first-order chi connectivity index (χ1) is 12.5. The van der Waals surface area contributed by atoms with Crippen molar-refractivity contribution in [1.29, 1.82) is 0 Å². The van der Waals surface area contributed by atoms with Gasteiger partial charge in [-0.3, -0.25) is 14.4 Å². The molecule has 0 spiro atoms. The number of carbonyl (C=O) groups excluding carboxylic acids is 3. The van der Waals surface area contributed by atoms with Crippen molar-refractivity contribution in [3.8, 4) is 0 Å². The Labute approximate surface area is 155 Å². The van der Waals surface area contributed by atoms with Crippen LogP contribution in [-0.2, 0) is 4.79 Å². The van der Waals surface area contributed by atoms with E-state index in [2.05, 4.69) is 0 Å². The minimum absolute atomic E-state index is 0.00547. The first kappa shape index (κ1) is 18.6. The molecule has 26 heavy (non-hydrogen) atoms. The lowest BCUT2D eigenvalue weighted by Gasteiger charge is -2.35. The number of benzene rings is 1. The zero-order valence-corrected chi connectivity index (χ0v) is 15.6. The standard InChI is InChI=1S/C21H28N2O3/c1-16(24)18-7-9-19(10-8-18)21(26)23-13-11-22(12-14-23)20(25)15-17-5-3-2-4-6-17/h7-10,17H,2-6,11-15H2,1H3. The van der Waals surface area contributed by atoms with Crippen LogP contribution >= 0.6 is 0 Å². The minimum atomic E-state index is -0.0283. The molecule has 0 radical (unpaired) electrons. The molecule has 1 heterocycles. The van der Waals surface area contributed by atoms with E-state index in [1.54, 1.807) is 29.2 Å². The summed E-state index contributed by atoms with van der Waals surface area (Å²) >= 11 is 0. The number of hydrogen-bond donors (Lipinski definition) is 0. The zero-order chi connectivity index (χ0) is 18.5. The number of carbonyl (C=O) groups is 3. The maximum atomic E-state index is 12.6. The molecule has 0 unspecified atom stereocenters. The molecule has 1 aliphatic carbocycles. The summed E-state index contributed by atoms with van der Waals surface area (Å²) in [5, 5.41) is 0. The number of hydrogen-bond acceptors (Lipinski definition) is 3. The Bertz CT molecular complexity index is 654. The van der Waals surface area contributed by atoms with E-state index in [0.717, 1.165) is 0 Å². The van der Waals surface area contributed by atoms with Gasteiger partial charge in [0.1, 0.15) is 0 Å². The molecule has 5 heteroatoms. The highest BCUT2D eigenvalue weighted by molar-refractivity contribution is 5.97. The molecule has 1 aromatic rings. The van der Waals surface area contributed by atoms with Gasteiger partial charge >= 0.3 is 0 Å². The van der Waals surface area contributed by atoms with E-state index >= 15 is 0 Å². The van der Waals surface area contributed by atoms with E-state index in [4.69, 9.17) is 0 Å². The predicted octanol–water partition coefficient (Wildman–Crippen LogP) is 3.14. The monoisotopic (exact) mass is 356 g/mol. The van der Waals surface area contributed by atoms with Crippen LogP contribution in [0.15, 0.2) is 24.3 Å². The van der Waals surface area contributed by atoms with E-state index in [0.29, 0.717) is 49.6 Å². The van der Waals surface area contributed by atoms with Crippen LogP contribution in [0.3, 0.4) is 0 Å². The van der Waals surface area contributed by atoms with Gasteiger partial charge in [-0.1, -0.05) is 31.4 Å². The molecule has 0 atom stereocenters. The Morgan fingerprint density at radius 2 is 1.38 bits per heavy atom. The van der Waals surface area contributed by atoms with Gasteiger partial charge in [0.05, 0.1) is 0 Å². The van der Waals surface area contributed by atoms with E-state index in [1.807, 2.05) is 4.90 Å². The molecule has 2 amide bonds. The highest BCUT2D eigenvalue weighted by atomic mass is 16.2. The summed E-state index contributed by atoms with van der Waals surface area (Å²) in [5.41, 5.74) is 1.21. The molecule has 140 valence electrons. The molecule has 3 rings (SSSR count). The number of rotatable bonds is 4. The lowest BCUT2D eigenvalue weighted by molar-refractivity contribution is -0.133. The number of ketones is 1. The van der Waals surface area contributed by atoms with Gasteiger partial charge in [0.25, 0.3) is 5.91 Å². The summed E-state index contributed by atoms with van der Waals surface area (Å²) in [6.07, 6.45) is 6.84. The van der Waals surface area contributed by atoms with Gasteiger partial charge in [0.15, 0.2) is 5.78 Å². The summed E-state index contributed by atoms with van der Waals surface area (Å²) in [4.78, 5) is 40.2. The Morgan fingerprint density at radius 1 is 0.846 bits per heavy atom. The molecule has 0 aromatic heterocycles. The fraction of sp³-hybridized carbons (Fsp3) is 0.571. The van der Waals surface area contributed by atoms with Crippen LogP contribution in [-0.4, -0.2) is 53.6 Å². The van der Waals surface area contributed by atoms with Crippen LogP contribution in [0, 0.1) is 5.92 Å². The second kappa shape index (κ2) is 8.47. The van der Waals surface area contributed by atoms with Gasteiger partial charge < -0.3 is 9.80 Å². The van der Waals surface area contributed by atoms with Gasteiger partial charge in [0, 0.05) is 43.7 Å². The fourth-order valence-electron chi connectivity index (χ4n) is 3.96. The zero-order valence-electron chi connectivity index (χ0n) is 15.6. The molecule has 2 fully saturated rings. The van der Waals surface area contributed by atoms with Crippen LogP contribution < -0.4 is 0 Å². The molecule has 0 bridgehead atoms. The van der Waals surface area contributed by atoms with Gasteiger partial charge in [0.2, 0.25) is 5.91 Å². The SMILES string of the molecule is CC(=O)c1ccc(C(=O)N2CCN(C(=O)CC3CCCCC3)CC2)cc1. The van der Waals surface area contributed by atoms with E-state index in [-0.39, 0.29) is 17.6 Å². The lowest BCUT2D eigenvalue weighted by Crippen LogP contribution is -2.50. The van der Waals surface area contributed by atoms with Gasteiger partial charge in [-0.15, -0.1) is 0 Å². The smallest absolute Gasteiger partial charge is 0.253 e. The molecular weight excluding hydrogens is 328 g/mol. The summed E-state index contributed by atoms with van der Waals surface area (Å²) in [6.45, 7) is 3.89. The summed E-state index contributed by atoms with van der Waals surface area (Å²) in [7, 11) is 0. The molecule has 2 aliphatic rings. The summed E-state index contributed by atoms with van der Waals surface area (Å²) in [5.74, 6) is 0.763. The fourth-order valence-corrected chi connectivity index (χ4v) is 3.96. The number of Topliss-reactive ketones (excluding diaryl/α,β-unsaturated/α-hetero) is 1. The van der Waals surface area contributed by atoms with Crippen LogP contribution in [0.25, 0.3) is 0 Å². The Kier molecular flexibility index (Phi) is 6.07. The van der Waals surface area contributed by atoms with Crippen molar-refractivity contribution in [3.05, 3.63) is 35.4 Å². The third-order valence-corrected chi connectivity index (χ3v) is 5.65. The highest BCUT2D eigenvalue weighted by Gasteiger charge is 2.26. The largest absolute Gasteiger partial charge is 0.339 e. The van der Waals surface area contributed by atoms with Crippen molar-refractivity contribution in [3.63, 3.8) is 0 Å². The van der Waals surface area contributed by atoms with E-state index in [9.17, 15) is 14.4 Å². The van der Waals surface area contributed by atoms with Gasteiger partial charge in [-0.2, -0.15) is 0 Å². The maximum absolute atomic E-state index is 12.6. The Morgan fingerprint density at radius 3 is 1.96 bits per heavy atom. The van der Waals surface area contributed by atoms with Crippen molar-refractivity contribution in [2.75, 3.05) is 26.2 Å². The average molecular weight is 356 g/mol. The van der Waals surface area contributed by atoms with Crippen LogP contribution in [0.4, 0.5) is 0 Å². The summed E-state index contributed by atoms with van der Waals surface area (Å²) < 4.78 is 0. The maximum Gasteiger partial charge on any atom is 0.253 e. The van der Waals surface area contributed by atoms with E-state index in [1.165, 1.54) is 39.0 Å². The Hall–Kier alpha value is -2.17. The van der Waals surface area contributed by atoms with Crippen molar-refractivity contribution in [1.82, 2.24) is 9.80 Å². The molecule has 1 saturated heterocycles. The first-order valence-electron chi connectivity index (χ1n) is 9.72. The number of amides is 2. The summed E-state index contributed by atoms with van der Waals surface area (Å²) in [6, 6.07) is 6.80. The van der Waals surface area contributed by atoms with Crippen molar-refractivity contribution in [2.45, 2.75) is 45.4 Å². The average Bonchev–Trinajstić information content (AvgIpc) is 2.68. The molecular formula is C21H28N2O3. The van der Waals surface area contributed by atoms with Crippen molar-refractivity contribution >= 4 is 17.6 Å². The highest BCUT2D eigenvalue weighted by Crippen LogP contribution is 2.27. The van der Waals surface area contributed by atoms with Crippen molar-refractivity contribution in [2.24, 2.45) is 5.92 Å². The quantitative estimate of drug-likeness (QED) is 0.779. The number of nitrogens with zero attached hydrogens (tertiary/aromatic N) is 2. The normalized spacial score (nSPS) is 18.7. The molecule has 1 saturated carbocycles. The third kappa shape index (κ3) is 4.51. The van der Waals surface area contributed by atoms with Crippen molar-refractivity contribution < 1.29 is 14.4 Å². The van der Waals surface area contributed by atoms with Crippen LogP contribution in [0.1, 0.15) is 66.2 Å². The third-order valence-electron chi connectivity index (χ3n) is 5.65.